The standard InChI is InChI=1S/C17H15ClN2OS/c1-17-10-13(11-6-2-5-9-15(11)21-17)19-16(22)20(17)14-8-4-3-7-12(14)18/h2-9,13H,10H2,1H3,(H,19,22)/t13-,17-/m1/s1. The number of anilines is 1. The highest BCUT2D eigenvalue weighted by Crippen LogP contribution is 2.46. The molecule has 2 aliphatic heterocycles. The zero-order chi connectivity index (χ0) is 15.3. The van der Waals surface area contributed by atoms with E-state index in [4.69, 9.17) is 28.6 Å². The molecule has 0 unspecified atom stereocenters. The lowest BCUT2D eigenvalue weighted by Crippen LogP contribution is -2.65. The summed E-state index contributed by atoms with van der Waals surface area (Å²) in [4.78, 5) is 1.98. The fourth-order valence-electron chi connectivity index (χ4n) is 3.32. The molecule has 5 heteroatoms. The number of halogens is 1. The highest BCUT2D eigenvalue weighted by atomic mass is 35.5. The third kappa shape index (κ3) is 1.98. The van der Waals surface area contributed by atoms with Gasteiger partial charge in [0, 0.05) is 12.0 Å². The van der Waals surface area contributed by atoms with Crippen molar-refractivity contribution in [2.45, 2.75) is 25.1 Å². The van der Waals surface area contributed by atoms with Gasteiger partial charge in [0.05, 0.1) is 16.8 Å². The van der Waals surface area contributed by atoms with Gasteiger partial charge in [-0.1, -0.05) is 41.9 Å². The summed E-state index contributed by atoms with van der Waals surface area (Å²) in [6, 6.07) is 16.0. The van der Waals surface area contributed by atoms with Crippen LogP contribution in [0.15, 0.2) is 48.5 Å². The van der Waals surface area contributed by atoms with E-state index >= 15 is 0 Å². The highest BCUT2D eigenvalue weighted by Gasteiger charge is 2.48. The fraction of sp³-hybridized carbons (Fsp3) is 0.235. The molecule has 112 valence electrons. The topological polar surface area (TPSA) is 24.5 Å². The van der Waals surface area contributed by atoms with Gasteiger partial charge in [0.2, 0.25) is 0 Å². The molecule has 0 radical (unpaired) electrons. The van der Waals surface area contributed by atoms with E-state index in [1.165, 1.54) is 0 Å². The molecule has 2 aromatic carbocycles. The number of rotatable bonds is 1. The van der Waals surface area contributed by atoms with Crippen LogP contribution in [-0.4, -0.2) is 10.8 Å². The van der Waals surface area contributed by atoms with Crippen LogP contribution >= 0.6 is 23.8 Å². The van der Waals surface area contributed by atoms with Crippen molar-refractivity contribution in [3.05, 3.63) is 59.1 Å². The van der Waals surface area contributed by atoms with Gasteiger partial charge in [0.1, 0.15) is 5.75 Å². The average molecular weight is 331 g/mol. The maximum absolute atomic E-state index is 6.38. The second kappa shape index (κ2) is 4.86. The van der Waals surface area contributed by atoms with Gasteiger partial charge in [0.15, 0.2) is 10.8 Å². The number of nitrogens with zero attached hydrogens (tertiary/aromatic N) is 1. The summed E-state index contributed by atoms with van der Waals surface area (Å²) in [5.41, 5.74) is 1.47. The lowest BCUT2D eigenvalue weighted by Gasteiger charge is -2.52. The first kappa shape index (κ1) is 13.9. The summed E-state index contributed by atoms with van der Waals surface area (Å²) in [5, 5.41) is 4.72. The van der Waals surface area contributed by atoms with Crippen molar-refractivity contribution in [2.24, 2.45) is 0 Å². The maximum atomic E-state index is 6.38. The number of para-hydroxylation sites is 2. The van der Waals surface area contributed by atoms with Gasteiger partial charge < -0.3 is 10.1 Å². The Kier molecular flexibility index (Phi) is 3.06. The Labute approximate surface area is 139 Å². The quantitative estimate of drug-likeness (QED) is 0.789. The molecule has 22 heavy (non-hydrogen) atoms. The van der Waals surface area contributed by atoms with Crippen LogP contribution in [0.2, 0.25) is 5.02 Å². The smallest absolute Gasteiger partial charge is 0.188 e. The molecule has 0 spiro atoms. The van der Waals surface area contributed by atoms with Crippen molar-refractivity contribution in [3.63, 3.8) is 0 Å². The van der Waals surface area contributed by atoms with Crippen molar-refractivity contribution in [1.82, 2.24) is 5.32 Å². The van der Waals surface area contributed by atoms with Gasteiger partial charge >= 0.3 is 0 Å². The van der Waals surface area contributed by atoms with Gasteiger partial charge in [-0.2, -0.15) is 0 Å². The zero-order valence-corrected chi connectivity index (χ0v) is 13.6. The van der Waals surface area contributed by atoms with Crippen molar-refractivity contribution in [3.8, 4) is 5.75 Å². The Hall–Kier alpha value is -1.78. The molecular weight excluding hydrogens is 316 g/mol. The summed E-state index contributed by atoms with van der Waals surface area (Å²) in [6.07, 6.45) is 0.801. The van der Waals surface area contributed by atoms with E-state index in [0.29, 0.717) is 10.1 Å². The summed E-state index contributed by atoms with van der Waals surface area (Å²) in [5.74, 6) is 0.897. The number of thiocarbonyl (C=S) groups is 1. The largest absolute Gasteiger partial charge is 0.467 e. The van der Waals surface area contributed by atoms with E-state index in [1.54, 1.807) is 0 Å². The SMILES string of the molecule is C[C@@]12C[C@@H](NC(=S)N1c1ccccc1Cl)c1ccccc1O2. The Morgan fingerprint density at radius 1 is 1.23 bits per heavy atom. The number of fused-ring (bicyclic) bond motifs is 4. The van der Waals surface area contributed by atoms with Gasteiger partial charge in [-0.3, -0.25) is 4.90 Å². The van der Waals surface area contributed by atoms with Crippen LogP contribution < -0.4 is 15.0 Å². The van der Waals surface area contributed by atoms with E-state index in [-0.39, 0.29) is 6.04 Å². The first-order valence-electron chi connectivity index (χ1n) is 7.22. The van der Waals surface area contributed by atoms with E-state index in [1.807, 2.05) is 47.4 Å². The molecule has 0 amide bonds. The zero-order valence-electron chi connectivity index (χ0n) is 12.0. The number of hydrogen-bond acceptors (Lipinski definition) is 2. The lowest BCUT2D eigenvalue weighted by atomic mass is 9.90. The molecule has 3 nitrogen and oxygen atoms in total. The fourth-order valence-corrected chi connectivity index (χ4v) is 3.97. The molecule has 4 rings (SSSR count). The monoisotopic (exact) mass is 330 g/mol. The number of ether oxygens (including phenoxy) is 1. The van der Waals surface area contributed by atoms with Gasteiger partial charge in [-0.25, -0.2) is 0 Å². The molecule has 2 aliphatic rings. The minimum Gasteiger partial charge on any atom is -0.467 e. The first-order valence-corrected chi connectivity index (χ1v) is 8.00. The second-order valence-electron chi connectivity index (χ2n) is 5.81. The van der Waals surface area contributed by atoms with Crippen molar-refractivity contribution >= 4 is 34.6 Å². The average Bonchev–Trinajstić information content (AvgIpc) is 2.48. The summed E-state index contributed by atoms with van der Waals surface area (Å²) >= 11 is 12.0. The Balaban J connectivity index is 1.84. The minimum atomic E-state index is -0.549. The molecule has 2 bridgehead atoms. The molecule has 0 aliphatic carbocycles. The second-order valence-corrected chi connectivity index (χ2v) is 6.60. The molecule has 2 heterocycles. The molecule has 0 aromatic heterocycles. The van der Waals surface area contributed by atoms with E-state index in [9.17, 15) is 0 Å². The Morgan fingerprint density at radius 3 is 2.77 bits per heavy atom. The number of hydrogen-bond donors (Lipinski definition) is 1. The normalized spacial score (nSPS) is 26.0. The Morgan fingerprint density at radius 2 is 1.95 bits per heavy atom. The Bertz CT molecular complexity index is 766. The molecule has 0 saturated carbocycles. The van der Waals surface area contributed by atoms with Crippen LogP contribution in [0.1, 0.15) is 24.9 Å². The molecule has 2 aromatic rings. The van der Waals surface area contributed by atoms with Crippen LogP contribution in [0.3, 0.4) is 0 Å². The maximum Gasteiger partial charge on any atom is 0.188 e. The summed E-state index contributed by atoms with van der Waals surface area (Å²) < 4.78 is 6.32. The van der Waals surface area contributed by atoms with Crippen molar-refractivity contribution < 1.29 is 4.74 Å². The molecule has 1 fully saturated rings. The number of nitrogens with one attached hydrogen (secondary N) is 1. The predicted molar refractivity (Wildman–Crippen MR) is 92.5 cm³/mol. The van der Waals surface area contributed by atoms with Crippen LogP contribution in [0.4, 0.5) is 5.69 Å². The third-order valence-electron chi connectivity index (χ3n) is 4.27. The molecule has 1 saturated heterocycles. The van der Waals surface area contributed by atoms with Crippen LogP contribution in [0.5, 0.6) is 5.75 Å². The van der Waals surface area contributed by atoms with E-state index in [2.05, 4.69) is 18.3 Å². The molecule has 1 N–H and O–H groups in total. The first-order chi connectivity index (χ1) is 10.6. The molecule has 2 atom stereocenters. The third-order valence-corrected chi connectivity index (χ3v) is 4.89. The van der Waals surface area contributed by atoms with Crippen LogP contribution in [0, 0.1) is 0 Å². The van der Waals surface area contributed by atoms with Gasteiger partial charge in [-0.15, -0.1) is 0 Å². The minimum absolute atomic E-state index is 0.168. The number of benzene rings is 2. The van der Waals surface area contributed by atoms with E-state index in [0.717, 1.165) is 23.4 Å². The highest BCUT2D eigenvalue weighted by molar-refractivity contribution is 7.80. The lowest BCUT2D eigenvalue weighted by molar-refractivity contribution is 0.0498. The van der Waals surface area contributed by atoms with Gasteiger partial charge in [0.25, 0.3) is 0 Å². The molecular formula is C17H15ClN2OS. The van der Waals surface area contributed by atoms with Gasteiger partial charge in [-0.05, 0) is 37.3 Å². The predicted octanol–water partition coefficient (Wildman–Crippen LogP) is 4.27. The summed E-state index contributed by atoms with van der Waals surface area (Å²) in [7, 11) is 0. The van der Waals surface area contributed by atoms with Crippen molar-refractivity contribution in [1.29, 1.82) is 0 Å². The van der Waals surface area contributed by atoms with Crippen LogP contribution in [0.25, 0.3) is 0 Å². The summed E-state index contributed by atoms with van der Waals surface area (Å²) in [6.45, 7) is 2.06. The van der Waals surface area contributed by atoms with E-state index < -0.39 is 5.72 Å². The van der Waals surface area contributed by atoms with Crippen molar-refractivity contribution in [2.75, 3.05) is 4.90 Å². The van der Waals surface area contributed by atoms with Crippen LogP contribution in [-0.2, 0) is 0 Å².